The van der Waals surface area contributed by atoms with Gasteiger partial charge in [-0.1, -0.05) is 0 Å². The van der Waals surface area contributed by atoms with Crippen LogP contribution in [0.5, 0.6) is 11.5 Å². The van der Waals surface area contributed by atoms with Crippen molar-refractivity contribution in [2.75, 3.05) is 14.2 Å². The first-order valence-electron chi connectivity index (χ1n) is 9.85. The number of hydrogen-bond acceptors (Lipinski definition) is 5. The molecule has 0 unspecified atom stereocenters. The van der Waals surface area contributed by atoms with Crippen LogP contribution < -0.4 is 16.8 Å². The van der Waals surface area contributed by atoms with Crippen molar-refractivity contribution in [1.29, 1.82) is 0 Å². The molecular formula is C24H34O4STi. The molecule has 0 amide bonds. The molecule has 2 aromatic carbocycles. The second-order valence-corrected chi connectivity index (χ2v) is 11.2. The Labute approximate surface area is 196 Å². The van der Waals surface area contributed by atoms with E-state index in [1.54, 1.807) is 11.8 Å². The summed E-state index contributed by atoms with van der Waals surface area (Å²) in [7, 11) is 1.50. The number of benzene rings is 2. The van der Waals surface area contributed by atoms with Crippen LogP contribution in [0.1, 0.15) is 63.8 Å². The first kappa shape index (κ1) is 27.1. The van der Waals surface area contributed by atoms with Crippen molar-refractivity contribution < 1.29 is 36.8 Å². The van der Waals surface area contributed by atoms with Crippen molar-refractivity contribution in [1.82, 2.24) is 0 Å². The number of fused-ring (bicyclic) bond motifs is 2. The van der Waals surface area contributed by atoms with Crippen LogP contribution in [0.3, 0.4) is 0 Å². The minimum absolute atomic E-state index is 0.0357. The third-order valence-corrected chi connectivity index (χ3v) is 6.47. The zero-order valence-corrected chi connectivity index (χ0v) is 22.2. The Hall–Kier alpha value is -0.976. The number of hydrogen-bond donors (Lipinski definition) is 0. The van der Waals surface area contributed by atoms with Crippen molar-refractivity contribution in [3.63, 3.8) is 0 Å². The van der Waals surface area contributed by atoms with Crippen LogP contribution in [-0.2, 0) is 30.8 Å². The van der Waals surface area contributed by atoms with Gasteiger partial charge >= 0.3 is 172 Å². The molecule has 3 rings (SSSR count). The predicted molar refractivity (Wildman–Crippen MR) is 117 cm³/mol. The van der Waals surface area contributed by atoms with E-state index in [4.69, 9.17) is 16.8 Å². The van der Waals surface area contributed by atoms with Crippen LogP contribution in [0.4, 0.5) is 0 Å². The van der Waals surface area contributed by atoms with Crippen molar-refractivity contribution in [2.45, 2.75) is 76.0 Å². The normalized spacial score (nSPS) is 12.4. The minimum atomic E-state index is -1.02. The predicted octanol–water partition coefficient (Wildman–Crippen LogP) is 4.69. The zero-order valence-electron chi connectivity index (χ0n) is 19.9. The van der Waals surface area contributed by atoms with Gasteiger partial charge in [0.2, 0.25) is 0 Å². The standard InChI is InChI=1S/C22H30O2S.2CH3O.Ti/c1-13-9-15(21(3,4)5)19(23)17(11-13)25-18-12-14(2)10-16(20(18)24)22(6,7)8;2*1-2;/h9-12,23-24H,1-8H3;2*1H3;/q;2*-1;+4/p-2. The fraction of sp³-hybridized carbons (Fsp3) is 0.500. The molecule has 0 fully saturated rings. The van der Waals surface area contributed by atoms with E-state index >= 15 is 0 Å². The van der Waals surface area contributed by atoms with Crippen LogP contribution in [0.25, 0.3) is 0 Å². The molecule has 6 heteroatoms. The Kier molecular flexibility index (Phi) is 9.97. The summed E-state index contributed by atoms with van der Waals surface area (Å²) in [5.74, 6) is 2.02. The Morgan fingerprint density at radius 2 is 1.00 bits per heavy atom. The summed E-state index contributed by atoms with van der Waals surface area (Å²) in [5, 5.41) is 16.5. The van der Waals surface area contributed by atoms with Gasteiger partial charge in [-0.05, 0) is 0 Å². The maximum atomic E-state index is 8.25. The molecule has 0 bridgehead atoms. The molecule has 0 N–H and O–H groups in total. The topological polar surface area (TPSA) is 64.6 Å². The van der Waals surface area contributed by atoms with Gasteiger partial charge in [-0.2, -0.15) is 14.2 Å². The SMILES string of the molecule is C[O-].C[O-].Cc1cc2c(c(C(C)(C)C)c1)[O][Ti+2][O]c1c(cc(C)cc1C(C)(C)C)S2. The van der Waals surface area contributed by atoms with E-state index in [2.05, 4.69) is 79.7 Å². The second-order valence-electron chi connectivity index (χ2n) is 9.17. The summed E-state index contributed by atoms with van der Waals surface area (Å²) >= 11 is 0.753. The van der Waals surface area contributed by atoms with Crippen molar-refractivity contribution in [2.24, 2.45) is 0 Å². The van der Waals surface area contributed by atoms with E-state index in [1.807, 2.05) is 0 Å². The molecule has 0 aliphatic carbocycles. The summed E-state index contributed by atoms with van der Waals surface area (Å²) < 4.78 is 12.6. The van der Waals surface area contributed by atoms with Crippen LogP contribution in [0.15, 0.2) is 34.1 Å². The molecule has 0 aromatic heterocycles. The second kappa shape index (κ2) is 11.1. The van der Waals surface area contributed by atoms with Crippen molar-refractivity contribution >= 4 is 11.8 Å². The fourth-order valence-corrected chi connectivity index (χ4v) is 5.64. The van der Waals surface area contributed by atoms with Gasteiger partial charge in [0.1, 0.15) is 0 Å². The molecule has 30 heavy (non-hydrogen) atoms. The first-order chi connectivity index (χ1) is 14.0. The van der Waals surface area contributed by atoms with Gasteiger partial charge in [-0.3, -0.25) is 0 Å². The zero-order chi connectivity index (χ0) is 23.3. The molecule has 2 aromatic rings. The number of aryl methyl sites for hydroxylation is 2. The van der Waals surface area contributed by atoms with Crippen LogP contribution >= 0.6 is 11.8 Å². The Morgan fingerprint density at radius 1 is 0.667 bits per heavy atom. The molecular weight excluding hydrogens is 432 g/mol. The first-order valence-corrected chi connectivity index (χ1v) is 11.9. The van der Waals surface area contributed by atoms with E-state index in [-0.39, 0.29) is 10.8 Å². The molecule has 1 heterocycles. The monoisotopic (exact) mass is 466 g/mol. The Balaban J connectivity index is 0.00000106. The van der Waals surface area contributed by atoms with Gasteiger partial charge in [-0.15, -0.1) is 0 Å². The molecule has 4 nitrogen and oxygen atoms in total. The molecule has 1 aliphatic heterocycles. The van der Waals surface area contributed by atoms with E-state index in [1.165, 1.54) is 32.0 Å². The van der Waals surface area contributed by atoms with Crippen LogP contribution in [0, 0.1) is 13.8 Å². The summed E-state index contributed by atoms with van der Waals surface area (Å²) in [6.07, 6.45) is 0. The summed E-state index contributed by atoms with van der Waals surface area (Å²) in [5.41, 5.74) is 5.15. The van der Waals surface area contributed by atoms with Gasteiger partial charge in [0.05, 0.1) is 0 Å². The van der Waals surface area contributed by atoms with Crippen LogP contribution in [0.2, 0.25) is 0 Å². The third kappa shape index (κ3) is 6.51. The average Bonchev–Trinajstić information content (AvgIpc) is 2.64. The number of rotatable bonds is 0. The molecule has 0 spiro atoms. The van der Waals surface area contributed by atoms with E-state index in [0.717, 1.165) is 25.7 Å². The molecule has 0 saturated heterocycles. The van der Waals surface area contributed by atoms with Gasteiger partial charge in [-0.25, -0.2) is 0 Å². The maximum absolute atomic E-state index is 8.25. The average molecular weight is 466 g/mol. The molecule has 0 saturated carbocycles. The van der Waals surface area contributed by atoms with Gasteiger partial charge in [0.15, 0.2) is 0 Å². The molecule has 164 valence electrons. The third-order valence-electron chi connectivity index (χ3n) is 4.52. The quantitative estimate of drug-likeness (QED) is 0.528. The van der Waals surface area contributed by atoms with Gasteiger partial charge in [0, 0.05) is 0 Å². The molecule has 0 radical (unpaired) electrons. The summed E-state index contributed by atoms with van der Waals surface area (Å²) in [6, 6.07) is 9.00. The molecule has 1 aliphatic rings. The Bertz CT molecular complexity index is 782. The van der Waals surface area contributed by atoms with E-state index in [0.29, 0.717) is 0 Å². The fourth-order valence-electron chi connectivity index (χ4n) is 3.18. The van der Waals surface area contributed by atoms with E-state index < -0.39 is 19.9 Å². The Morgan fingerprint density at radius 3 is 1.30 bits per heavy atom. The van der Waals surface area contributed by atoms with Crippen molar-refractivity contribution in [3.8, 4) is 11.5 Å². The summed E-state index contributed by atoms with van der Waals surface area (Å²) in [6.45, 7) is 17.8. The van der Waals surface area contributed by atoms with Gasteiger partial charge < -0.3 is 10.2 Å². The molecule has 0 atom stereocenters. The van der Waals surface area contributed by atoms with Gasteiger partial charge in [0.25, 0.3) is 0 Å². The van der Waals surface area contributed by atoms with E-state index in [9.17, 15) is 0 Å². The van der Waals surface area contributed by atoms with Crippen molar-refractivity contribution in [3.05, 3.63) is 46.5 Å². The summed E-state index contributed by atoms with van der Waals surface area (Å²) in [4.78, 5) is 2.40. The van der Waals surface area contributed by atoms with Crippen LogP contribution in [-0.4, -0.2) is 14.2 Å².